The number of ketones is 1. The van der Waals surface area contributed by atoms with E-state index in [9.17, 15) is 19.5 Å². The van der Waals surface area contributed by atoms with Crippen molar-refractivity contribution in [1.82, 2.24) is 0 Å². The van der Waals surface area contributed by atoms with E-state index >= 15 is 0 Å². The topological polar surface area (TPSA) is 102 Å². The summed E-state index contributed by atoms with van der Waals surface area (Å²) in [5, 5.41) is 11.5. The van der Waals surface area contributed by atoms with Crippen molar-refractivity contribution >= 4 is 29.1 Å². The number of aliphatic hydroxyl groups is 1. The van der Waals surface area contributed by atoms with Gasteiger partial charge in [0, 0.05) is 11.8 Å². The first kappa shape index (κ1) is 27.4. The van der Waals surface area contributed by atoms with Crippen LogP contribution in [0.3, 0.4) is 0 Å². The predicted octanol–water partition coefficient (Wildman–Crippen LogP) is 5.68. The summed E-state index contributed by atoms with van der Waals surface area (Å²) >= 11 is 0. The number of benzene rings is 3. The van der Waals surface area contributed by atoms with Crippen molar-refractivity contribution in [2.75, 3.05) is 18.1 Å². The van der Waals surface area contributed by atoms with Gasteiger partial charge in [0.05, 0.1) is 42.1 Å². The van der Waals surface area contributed by atoms with Gasteiger partial charge in [0.15, 0.2) is 0 Å². The Balaban J connectivity index is 1.85. The third-order valence-corrected chi connectivity index (χ3v) is 6.10. The number of hydrogen-bond acceptors (Lipinski definition) is 7. The van der Waals surface area contributed by atoms with Crippen molar-refractivity contribution in [1.29, 1.82) is 0 Å². The normalized spacial score (nSPS) is 16.4. The molecule has 202 valence electrons. The van der Waals surface area contributed by atoms with Gasteiger partial charge < -0.3 is 19.3 Å². The molecule has 39 heavy (non-hydrogen) atoms. The molecule has 8 nitrogen and oxygen atoms in total. The molecule has 8 heteroatoms. The van der Waals surface area contributed by atoms with Crippen molar-refractivity contribution in [3.05, 3.63) is 95.1 Å². The van der Waals surface area contributed by atoms with Gasteiger partial charge in [-0.1, -0.05) is 30.3 Å². The van der Waals surface area contributed by atoms with Crippen LogP contribution in [0.15, 0.2) is 78.4 Å². The van der Waals surface area contributed by atoms with E-state index in [1.54, 1.807) is 87.5 Å². The lowest BCUT2D eigenvalue weighted by Gasteiger charge is -2.25. The summed E-state index contributed by atoms with van der Waals surface area (Å²) in [7, 11) is 0. The molecule has 1 aliphatic rings. The Morgan fingerprint density at radius 2 is 1.59 bits per heavy atom. The zero-order valence-electron chi connectivity index (χ0n) is 22.3. The fraction of sp³-hybridized carbons (Fsp3) is 0.258. The Kier molecular flexibility index (Phi) is 8.34. The maximum atomic E-state index is 13.5. The van der Waals surface area contributed by atoms with Crippen LogP contribution in [0, 0.1) is 0 Å². The van der Waals surface area contributed by atoms with Gasteiger partial charge in [-0.25, -0.2) is 4.79 Å². The molecule has 0 bridgehead atoms. The lowest BCUT2D eigenvalue weighted by molar-refractivity contribution is -0.132. The molecule has 4 rings (SSSR count). The van der Waals surface area contributed by atoms with Crippen LogP contribution in [-0.4, -0.2) is 42.1 Å². The van der Waals surface area contributed by atoms with Crippen LogP contribution in [0.25, 0.3) is 5.76 Å². The molecule has 0 aliphatic carbocycles. The van der Waals surface area contributed by atoms with Gasteiger partial charge in [-0.3, -0.25) is 14.5 Å². The number of anilines is 1. The van der Waals surface area contributed by atoms with Gasteiger partial charge in [0.25, 0.3) is 11.7 Å². The smallest absolute Gasteiger partial charge is 0.338 e. The number of esters is 1. The predicted molar refractivity (Wildman–Crippen MR) is 147 cm³/mol. The van der Waals surface area contributed by atoms with E-state index < -0.39 is 23.7 Å². The molecule has 3 aromatic carbocycles. The summed E-state index contributed by atoms with van der Waals surface area (Å²) in [6.45, 7) is 7.94. The zero-order chi connectivity index (χ0) is 28.1. The molecule has 1 amide bonds. The van der Waals surface area contributed by atoms with Gasteiger partial charge in [0.1, 0.15) is 17.3 Å². The molecule has 0 radical (unpaired) electrons. The van der Waals surface area contributed by atoms with E-state index in [1.807, 2.05) is 13.0 Å². The highest BCUT2D eigenvalue weighted by molar-refractivity contribution is 6.51. The number of nitrogens with zero attached hydrogens (tertiary/aromatic N) is 1. The third kappa shape index (κ3) is 5.65. The number of Topliss-reactive ketones (excluding diaryl/α,β-unsaturated/α-hetero) is 1. The number of hydrogen-bond donors (Lipinski definition) is 1. The Morgan fingerprint density at radius 1 is 0.923 bits per heavy atom. The van der Waals surface area contributed by atoms with Crippen molar-refractivity contribution in [2.45, 2.75) is 39.8 Å². The maximum Gasteiger partial charge on any atom is 0.338 e. The second kappa shape index (κ2) is 11.9. The summed E-state index contributed by atoms with van der Waals surface area (Å²) in [5.74, 6) is -1.60. The van der Waals surface area contributed by atoms with Crippen molar-refractivity contribution in [2.24, 2.45) is 0 Å². The minimum atomic E-state index is -0.916. The molecular formula is C31H31NO7. The Labute approximate surface area is 227 Å². The zero-order valence-corrected chi connectivity index (χ0v) is 22.3. The first-order valence-electron chi connectivity index (χ1n) is 12.8. The first-order chi connectivity index (χ1) is 18.8. The molecule has 1 N–H and O–H groups in total. The van der Waals surface area contributed by atoms with Gasteiger partial charge in [-0.15, -0.1) is 0 Å². The highest BCUT2D eigenvalue weighted by atomic mass is 16.5. The van der Waals surface area contributed by atoms with E-state index in [4.69, 9.17) is 14.2 Å². The van der Waals surface area contributed by atoms with Gasteiger partial charge in [-0.05, 0) is 69.7 Å². The Bertz CT molecular complexity index is 1390. The van der Waals surface area contributed by atoms with E-state index in [-0.39, 0.29) is 23.0 Å². The molecule has 3 aromatic rings. The molecular weight excluding hydrogens is 498 g/mol. The first-order valence-corrected chi connectivity index (χ1v) is 12.8. The largest absolute Gasteiger partial charge is 0.507 e. The van der Waals surface area contributed by atoms with E-state index in [2.05, 4.69) is 0 Å². The summed E-state index contributed by atoms with van der Waals surface area (Å²) in [4.78, 5) is 40.6. The Morgan fingerprint density at radius 3 is 2.21 bits per heavy atom. The molecule has 0 spiro atoms. The number of amides is 1. The molecule has 1 saturated heterocycles. The van der Waals surface area contributed by atoms with Crippen LogP contribution in [0.2, 0.25) is 0 Å². The lowest BCUT2D eigenvalue weighted by atomic mass is 9.94. The van der Waals surface area contributed by atoms with E-state index in [0.717, 1.165) is 0 Å². The summed E-state index contributed by atoms with van der Waals surface area (Å²) in [6, 6.07) is 19.2. The van der Waals surface area contributed by atoms with Crippen LogP contribution >= 0.6 is 0 Å². The van der Waals surface area contributed by atoms with E-state index in [0.29, 0.717) is 41.5 Å². The highest BCUT2D eigenvalue weighted by Crippen LogP contribution is 2.43. The van der Waals surface area contributed by atoms with Crippen LogP contribution in [0.4, 0.5) is 5.69 Å². The molecule has 1 unspecified atom stereocenters. The van der Waals surface area contributed by atoms with Crippen molar-refractivity contribution < 1.29 is 33.7 Å². The fourth-order valence-corrected chi connectivity index (χ4v) is 4.46. The minimum Gasteiger partial charge on any atom is -0.507 e. The molecule has 0 aromatic heterocycles. The number of ether oxygens (including phenoxy) is 3. The monoisotopic (exact) mass is 529 g/mol. The number of rotatable bonds is 9. The second-order valence-electron chi connectivity index (χ2n) is 9.10. The SMILES string of the molecule is CCOc1ccc(/C(O)=C2/C(=O)C(=O)N(c3ccc(C(=O)OC(C)C)cc3)C2c2ccccc2)c(OCC)c1. The summed E-state index contributed by atoms with van der Waals surface area (Å²) in [5.41, 5.74) is 1.54. The van der Waals surface area contributed by atoms with Crippen LogP contribution in [-0.2, 0) is 14.3 Å². The average molecular weight is 530 g/mol. The number of carbonyl (C=O) groups is 3. The van der Waals surface area contributed by atoms with Gasteiger partial charge >= 0.3 is 5.97 Å². The number of aliphatic hydroxyl groups excluding tert-OH is 1. The van der Waals surface area contributed by atoms with Crippen molar-refractivity contribution in [3.63, 3.8) is 0 Å². The summed E-state index contributed by atoms with van der Waals surface area (Å²) < 4.78 is 16.6. The van der Waals surface area contributed by atoms with Crippen molar-refractivity contribution in [3.8, 4) is 11.5 Å². The Hall–Kier alpha value is -4.59. The van der Waals surface area contributed by atoms with Crippen LogP contribution in [0.1, 0.15) is 55.2 Å². The fourth-order valence-electron chi connectivity index (χ4n) is 4.46. The van der Waals surface area contributed by atoms with E-state index in [1.165, 1.54) is 4.90 Å². The summed E-state index contributed by atoms with van der Waals surface area (Å²) in [6.07, 6.45) is -0.280. The van der Waals surface area contributed by atoms with Crippen LogP contribution in [0.5, 0.6) is 11.5 Å². The van der Waals surface area contributed by atoms with Gasteiger partial charge in [0.2, 0.25) is 0 Å². The lowest BCUT2D eigenvalue weighted by Crippen LogP contribution is -2.29. The maximum absolute atomic E-state index is 13.5. The van der Waals surface area contributed by atoms with Gasteiger partial charge in [-0.2, -0.15) is 0 Å². The minimum absolute atomic E-state index is 0.0698. The second-order valence-corrected chi connectivity index (χ2v) is 9.10. The highest BCUT2D eigenvalue weighted by Gasteiger charge is 2.47. The molecule has 0 saturated carbocycles. The standard InChI is InChI=1S/C31H31NO7/c1-5-37-23-16-17-24(25(18-23)38-6-2)28(33)26-27(20-10-8-7-9-11-20)32(30(35)29(26)34)22-14-12-21(13-15-22)31(36)39-19(3)4/h7-19,27,33H,5-6H2,1-4H3/b28-26-. The quantitative estimate of drug-likeness (QED) is 0.165. The van der Waals surface area contributed by atoms with Crippen LogP contribution < -0.4 is 14.4 Å². The molecule has 1 heterocycles. The number of carbonyl (C=O) groups excluding carboxylic acids is 3. The molecule has 1 atom stereocenters. The molecule has 1 aliphatic heterocycles. The third-order valence-electron chi connectivity index (χ3n) is 6.10. The molecule has 1 fully saturated rings. The average Bonchev–Trinajstić information content (AvgIpc) is 3.19.